The second-order valence-electron chi connectivity index (χ2n) is 6.55. The zero-order chi connectivity index (χ0) is 20.5. The molecule has 1 amide bonds. The summed E-state index contributed by atoms with van der Waals surface area (Å²) in [6.07, 6.45) is -0.683. The summed E-state index contributed by atoms with van der Waals surface area (Å²) < 4.78 is 75.4. The molecule has 1 aromatic carbocycles. The van der Waals surface area contributed by atoms with Crippen LogP contribution in [0.15, 0.2) is 30.3 Å². The fraction of sp³-hybridized carbons (Fsp3) is 0.438. The molecule has 0 aromatic heterocycles. The normalized spacial score (nSPS) is 17.3. The maximum Gasteiger partial charge on any atom is 0.534 e. The Morgan fingerprint density at radius 3 is 2.44 bits per heavy atom. The van der Waals surface area contributed by atoms with E-state index in [9.17, 15) is 26.4 Å². The Balaban J connectivity index is 2.21. The van der Waals surface area contributed by atoms with Gasteiger partial charge in [-0.2, -0.15) is 21.6 Å². The van der Waals surface area contributed by atoms with Crippen molar-refractivity contribution in [3.05, 3.63) is 35.9 Å². The summed E-state index contributed by atoms with van der Waals surface area (Å²) in [5.41, 5.74) is -6.28. The van der Waals surface area contributed by atoms with Crippen LogP contribution in [0.1, 0.15) is 26.3 Å². The number of nitrogens with one attached hydrogen (secondary N) is 1. The van der Waals surface area contributed by atoms with E-state index in [0.29, 0.717) is 0 Å². The molecule has 0 aliphatic carbocycles. The highest BCUT2D eigenvalue weighted by Gasteiger charge is 2.49. The van der Waals surface area contributed by atoms with Crippen molar-refractivity contribution in [2.75, 3.05) is 6.54 Å². The van der Waals surface area contributed by atoms with Gasteiger partial charge in [0.15, 0.2) is 5.76 Å². The van der Waals surface area contributed by atoms with Gasteiger partial charge in [0.25, 0.3) is 0 Å². The van der Waals surface area contributed by atoms with E-state index >= 15 is 0 Å². The lowest BCUT2D eigenvalue weighted by molar-refractivity contribution is -0.0510. The van der Waals surface area contributed by atoms with E-state index in [1.54, 1.807) is 26.8 Å². The fourth-order valence-corrected chi connectivity index (χ4v) is 2.54. The number of amides is 1. The maximum atomic E-state index is 12.6. The van der Waals surface area contributed by atoms with Crippen LogP contribution in [-0.4, -0.2) is 38.3 Å². The van der Waals surface area contributed by atoms with Crippen LogP contribution in [0.4, 0.5) is 18.0 Å². The van der Waals surface area contributed by atoms with Gasteiger partial charge in [-0.05, 0) is 32.9 Å². The summed E-state index contributed by atoms with van der Waals surface area (Å²) in [7, 11) is -5.85. The van der Waals surface area contributed by atoms with Gasteiger partial charge in [0.1, 0.15) is 17.5 Å². The van der Waals surface area contributed by atoms with Crippen molar-refractivity contribution in [3.8, 4) is 5.75 Å². The lowest BCUT2D eigenvalue weighted by atomic mass is 10.1. The maximum absolute atomic E-state index is 12.6. The van der Waals surface area contributed by atoms with E-state index in [1.165, 1.54) is 18.2 Å². The molecule has 1 aliphatic heterocycles. The first-order valence-corrected chi connectivity index (χ1v) is 9.15. The molecule has 1 N–H and O–H groups in total. The molecule has 27 heavy (non-hydrogen) atoms. The third kappa shape index (κ3) is 5.52. The van der Waals surface area contributed by atoms with Crippen molar-refractivity contribution in [1.29, 1.82) is 0 Å². The minimum atomic E-state index is -5.85. The molecule has 150 valence electrons. The molecular weight excluding hydrogens is 391 g/mol. The van der Waals surface area contributed by atoms with Crippen LogP contribution in [0, 0.1) is 0 Å². The Bertz CT molecular complexity index is 842. The zero-order valence-electron chi connectivity index (χ0n) is 14.7. The number of carbonyl (C=O) groups is 1. The highest BCUT2D eigenvalue weighted by molar-refractivity contribution is 7.87. The molecule has 0 saturated carbocycles. The predicted octanol–water partition coefficient (Wildman–Crippen LogP) is 3.18. The number of benzene rings is 1. The molecule has 0 bridgehead atoms. The fourth-order valence-electron chi connectivity index (χ4n) is 2.07. The van der Waals surface area contributed by atoms with Crippen LogP contribution >= 0.6 is 0 Å². The molecule has 1 aromatic rings. The average Bonchev–Trinajstić information content (AvgIpc) is 2.50. The molecule has 11 heteroatoms. The summed E-state index contributed by atoms with van der Waals surface area (Å²) in [5.74, 6) is -0.423. The van der Waals surface area contributed by atoms with Crippen LogP contribution < -0.4 is 10.1 Å². The molecule has 1 aliphatic rings. The van der Waals surface area contributed by atoms with Crippen LogP contribution in [0.25, 0.3) is 5.76 Å². The number of carbonyl (C=O) groups excluding carboxylic acids is 1. The summed E-state index contributed by atoms with van der Waals surface area (Å²) in [4.78, 5) is 11.7. The Kier molecular flexibility index (Phi) is 5.64. The average molecular weight is 409 g/mol. The Hall–Kier alpha value is -2.43. The molecular formula is C16H18F3NO6S. The Morgan fingerprint density at radius 1 is 1.22 bits per heavy atom. The molecule has 0 spiro atoms. The van der Waals surface area contributed by atoms with Gasteiger partial charge in [-0.15, -0.1) is 0 Å². The minimum Gasteiger partial charge on any atom is -0.484 e. The van der Waals surface area contributed by atoms with Crippen LogP contribution in [0.5, 0.6) is 5.75 Å². The Labute approximate surface area is 154 Å². The lowest BCUT2D eigenvalue weighted by Crippen LogP contribution is -2.39. The molecule has 0 saturated heterocycles. The van der Waals surface area contributed by atoms with E-state index in [1.807, 2.05) is 0 Å². The number of fused-ring (bicyclic) bond motifs is 1. The van der Waals surface area contributed by atoms with Gasteiger partial charge in [0.05, 0.1) is 12.1 Å². The monoisotopic (exact) mass is 409 g/mol. The third-order valence-electron chi connectivity index (χ3n) is 3.10. The van der Waals surface area contributed by atoms with Crippen LogP contribution in [-0.2, 0) is 19.0 Å². The first-order chi connectivity index (χ1) is 12.3. The van der Waals surface area contributed by atoms with Gasteiger partial charge in [-0.3, -0.25) is 0 Å². The van der Waals surface area contributed by atoms with Crippen molar-refractivity contribution < 1.29 is 40.0 Å². The molecule has 7 nitrogen and oxygen atoms in total. The summed E-state index contributed by atoms with van der Waals surface area (Å²) in [5, 5.41) is 2.40. The number of hydrogen-bond acceptors (Lipinski definition) is 6. The van der Waals surface area contributed by atoms with E-state index in [2.05, 4.69) is 9.50 Å². The predicted molar refractivity (Wildman–Crippen MR) is 89.1 cm³/mol. The molecule has 0 fully saturated rings. The van der Waals surface area contributed by atoms with Gasteiger partial charge in [0, 0.05) is 6.08 Å². The molecule has 0 unspecified atom stereocenters. The zero-order valence-corrected chi connectivity index (χ0v) is 15.5. The first kappa shape index (κ1) is 20.9. The molecule has 1 heterocycles. The van der Waals surface area contributed by atoms with Gasteiger partial charge >= 0.3 is 21.7 Å². The van der Waals surface area contributed by atoms with E-state index in [-0.39, 0.29) is 17.9 Å². The van der Waals surface area contributed by atoms with Crippen LogP contribution in [0.2, 0.25) is 0 Å². The topological polar surface area (TPSA) is 90.9 Å². The van der Waals surface area contributed by atoms with Crippen molar-refractivity contribution in [2.45, 2.75) is 38.0 Å². The first-order valence-electron chi connectivity index (χ1n) is 7.74. The third-order valence-corrected chi connectivity index (χ3v) is 4.06. The minimum absolute atomic E-state index is 0.0406. The number of alkyl carbamates (subject to hydrolysis) is 1. The molecule has 0 radical (unpaired) electrons. The second-order valence-corrected chi connectivity index (χ2v) is 8.09. The van der Waals surface area contributed by atoms with Crippen molar-refractivity contribution >= 4 is 22.0 Å². The highest BCUT2D eigenvalue weighted by atomic mass is 32.2. The van der Waals surface area contributed by atoms with E-state index in [4.69, 9.17) is 9.47 Å². The van der Waals surface area contributed by atoms with Crippen molar-refractivity contribution in [3.63, 3.8) is 0 Å². The number of rotatable bonds is 4. The highest BCUT2D eigenvalue weighted by Crippen LogP contribution is 2.36. The van der Waals surface area contributed by atoms with Gasteiger partial charge in [0.2, 0.25) is 0 Å². The van der Waals surface area contributed by atoms with Crippen molar-refractivity contribution in [2.24, 2.45) is 0 Å². The summed E-state index contributed by atoms with van der Waals surface area (Å²) in [6.45, 7) is 4.80. The van der Waals surface area contributed by atoms with Crippen LogP contribution in [0.3, 0.4) is 0 Å². The van der Waals surface area contributed by atoms with E-state index in [0.717, 1.165) is 6.08 Å². The second kappa shape index (κ2) is 7.29. The number of hydrogen-bond donors (Lipinski definition) is 1. The smallest absolute Gasteiger partial charge is 0.484 e. The lowest BCUT2D eigenvalue weighted by Gasteiger charge is -2.26. The van der Waals surface area contributed by atoms with Gasteiger partial charge in [-0.1, -0.05) is 12.1 Å². The molecule has 1 atom stereocenters. The number of para-hydroxylation sites is 1. The Morgan fingerprint density at radius 2 is 1.85 bits per heavy atom. The summed E-state index contributed by atoms with van der Waals surface area (Å²) >= 11 is 0. The van der Waals surface area contributed by atoms with Gasteiger partial charge < -0.3 is 19.0 Å². The number of ether oxygens (including phenoxy) is 2. The van der Waals surface area contributed by atoms with Gasteiger partial charge in [-0.25, -0.2) is 4.79 Å². The quantitative estimate of drug-likeness (QED) is 0.607. The largest absolute Gasteiger partial charge is 0.534 e. The van der Waals surface area contributed by atoms with E-state index < -0.39 is 39.2 Å². The SMILES string of the molecule is CC(C)(C)OC(=O)NC[C@H]1C=C(OS(=O)(=O)C(F)(F)F)c2ccccc2O1. The number of alkyl halides is 3. The number of halogens is 3. The summed E-state index contributed by atoms with van der Waals surface area (Å²) in [6, 6.07) is 5.83. The molecule has 2 rings (SSSR count). The van der Waals surface area contributed by atoms with Crippen molar-refractivity contribution in [1.82, 2.24) is 5.32 Å². The standard InChI is InChI=1S/C16H18F3NO6S/c1-15(2,3)25-14(21)20-9-10-8-13(26-27(22,23)16(17,18)19)11-6-4-5-7-12(11)24-10/h4-8,10H,9H2,1-3H3,(H,20,21)/t10-/m1/s1.